The van der Waals surface area contributed by atoms with Gasteiger partial charge in [-0.25, -0.2) is 0 Å². The normalized spacial score (nSPS) is 2.00. The minimum Gasteiger partial charge on any atom is -0.412 e. The minimum atomic E-state index is 0. The summed E-state index contributed by atoms with van der Waals surface area (Å²) in [5, 5.41) is 0. The van der Waals surface area contributed by atoms with Crippen molar-refractivity contribution < 1.29 is 54.1 Å². The first-order chi connectivity index (χ1) is 1.73. The molecule has 0 aromatic heterocycles. The van der Waals surface area contributed by atoms with E-state index < -0.39 is 0 Å². The van der Waals surface area contributed by atoms with Gasteiger partial charge in [-0.05, 0) is 13.8 Å². The van der Waals surface area contributed by atoms with E-state index in [0.29, 0.717) is 0 Å². The van der Waals surface area contributed by atoms with Crippen molar-refractivity contribution in [3.63, 3.8) is 0 Å². The lowest BCUT2D eigenvalue weighted by atomic mass is 10.6. The predicted octanol–water partition coefficient (Wildman–Crippen LogP) is -6.83. The molecule has 13 heavy (non-hydrogen) atoms. The first-order valence-corrected chi connectivity index (χ1v) is 1.20. The van der Waals surface area contributed by atoms with Crippen LogP contribution in [0.25, 0.3) is 0 Å². The molecule has 10 heteroatoms. The molecule has 0 atom stereocenters. The highest BCUT2D eigenvalue weighted by atomic mass is 16.1. The lowest BCUT2D eigenvalue weighted by molar-refractivity contribution is -0.115. The van der Waals surface area contributed by atoms with E-state index in [4.69, 9.17) is 0 Å². The van der Waals surface area contributed by atoms with Gasteiger partial charge in [-0.2, -0.15) is 0 Å². The summed E-state index contributed by atoms with van der Waals surface area (Å²) in [4.78, 5) is 9.44. The number of Topliss-reactive ketones (excluding diaryl/α,β-unsaturated/α-hetero) is 1. The van der Waals surface area contributed by atoms with Crippen LogP contribution in [0.15, 0.2) is 0 Å². The average molecular weight is 220 g/mol. The maximum Gasteiger partial charge on any atom is 0.126 e. The van der Waals surface area contributed by atoms with E-state index in [9.17, 15) is 4.79 Å². The van der Waals surface area contributed by atoms with E-state index in [1.54, 1.807) is 0 Å². The molecule has 0 saturated carbocycles. The highest BCUT2D eigenvalue weighted by Crippen LogP contribution is 1.50. The molecule has 96 valence electrons. The third-order valence-corrected chi connectivity index (χ3v) is 0. The van der Waals surface area contributed by atoms with Gasteiger partial charge in [-0.15, -0.1) is 0 Å². The summed E-state index contributed by atoms with van der Waals surface area (Å²) in [7, 11) is 0. The predicted molar refractivity (Wildman–Crippen MR) is 48.9 cm³/mol. The van der Waals surface area contributed by atoms with E-state index in [-0.39, 0.29) is 55.1 Å². The Labute approximate surface area is 75.0 Å². The van der Waals surface area contributed by atoms with Crippen molar-refractivity contribution in [2.75, 3.05) is 0 Å². The molecule has 0 saturated heterocycles. The number of rotatable bonds is 0. The third kappa shape index (κ3) is 2060. The molecule has 0 bridgehead atoms. The van der Waals surface area contributed by atoms with Gasteiger partial charge in [0.25, 0.3) is 0 Å². The van der Waals surface area contributed by atoms with Gasteiger partial charge in [-0.3, -0.25) is 0 Å². The van der Waals surface area contributed by atoms with Gasteiger partial charge in [0.1, 0.15) is 5.78 Å². The minimum absolute atomic E-state index is 0. The van der Waals surface area contributed by atoms with Gasteiger partial charge in [0, 0.05) is 0 Å². The van der Waals surface area contributed by atoms with Gasteiger partial charge < -0.3 is 54.1 Å². The van der Waals surface area contributed by atoms with Crippen LogP contribution in [-0.2, 0) is 4.79 Å². The molecule has 0 aliphatic carbocycles. The van der Waals surface area contributed by atoms with Crippen LogP contribution in [0.4, 0.5) is 0 Å². The zero-order valence-electron chi connectivity index (χ0n) is 7.41. The molecule has 0 fully saturated rings. The second-order valence-electron chi connectivity index (χ2n) is 0.908. The lowest BCUT2D eigenvalue weighted by Crippen LogP contribution is -1.69. The SMILES string of the molecule is CC(C)=O.O.O.O.O.O.O.O.O.O. The second-order valence-corrected chi connectivity index (χ2v) is 0.908. The van der Waals surface area contributed by atoms with Crippen molar-refractivity contribution in [3.8, 4) is 0 Å². The van der Waals surface area contributed by atoms with Gasteiger partial charge in [0.05, 0.1) is 0 Å². The monoisotopic (exact) mass is 220 g/mol. The fraction of sp³-hybridized carbons (Fsp3) is 0.667. The summed E-state index contributed by atoms with van der Waals surface area (Å²) in [6, 6.07) is 0. The Morgan fingerprint density at radius 3 is 0.538 bits per heavy atom. The molecule has 0 unspecified atom stereocenters. The molecule has 10 nitrogen and oxygen atoms in total. The van der Waals surface area contributed by atoms with Crippen molar-refractivity contribution >= 4 is 5.78 Å². The van der Waals surface area contributed by atoms with Crippen LogP contribution < -0.4 is 0 Å². The average Bonchev–Trinajstić information content (AvgIpc) is 0.811. The molecule has 0 radical (unpaired) electrons. The molecule has 0 aliphatic heterocycles. The molecular weight excluding hydrogens is 196 g/mol. The number of hydrogen-bond acceptors (Lipinski definition) is 1. The second kappa shape index (κ2) is 225. The molecule has 0 spiro atoms. The molecule has 0 aliphatic rings. The van der Waals surface area contributed by atoms with E-state index in [0.717, 1.165) is 0 Å². The Hall–Kier alpha value is -0.690. The number of hydrogen-bond donors (Lipinski definition) is 0. The Morgan fingerprint density at radius 1 is 0.538 bits per heavy atom. The fourth-order valence-electron chi connectivity index (χ4n) is 0. The van der Waals surface area contributed by atoms with Crippen LogP contribution in [0.1, 0.15) is 13.8 Å². The Bertz CT molecular complexity index is 33.2. The molecule has 0 aromatic carbocycles. The van der Waals surface area contributed by atoms with E-state index in [1.165, 1.54) is 13.8 Å². The first-order valence-electron chi connectivity index (χ1n) is 1.20. The maximum atomic E-state index is 9.44. The highest BCUT2D eigenvalue weighted by molar-refractivity contribution is 5.72. The topological polar surface area (TPSA) is 301 Å². The summed E-state index contributed by atoms with van der Waals surface area (Å²) in [5.74, 6) is 0.167. The highest BCUT2D eigenvalue weighted by Gasteiger charge is 1.62. The fourth-order valence-corrected chi connectivity index (χ4v) is 0. The molecule has 0 heterocycles. The van der Waals surface area contributed by atoms with Crippen LogP contribution in [0.5, 0.6) is 0 Å². The van der Waals surface area contributed by atoms with Crippen molar-refractivity contribution in [1.82, 2.24) is 0 Å². The molecule has 18 N–H and O–H groups in total. The van der Waals surface area contributed by atoms with Crippen molar-refractivity contribution in [3.05, 3.63) is 0 Å². The van der Waals surface area contributed by atoms with Crippen LogP contribution in [0.3, 0.4) is 0 Å². The summed E-state index contributed by atoms with van der Waals surface area (Å²) >= 11 is 0. The van der Waals surface area contributed by atoms with Crippen molar-refractivity contribution in [1.29, 1.82) is 0 Å². The number of ketones is 1. The van der Waals surface area contributed by atoms with E-state index >= 15 is 0 Å². The van der Waals surface area contributed by atoms with Crippen LogP contribution >= 0.6 is 0 Å². The lowest BCUT2D eigenvalue weighted by Gasteiger charge is -1.56. The van der Waals surface area contributed by atoms with Crippen LogP contribution in [0.2, 0.25) is 0 Å². The smallest absolute Gasteiger partial charge is 0.126 e. The standard InChI is InChI=1S/C3H6O.9H2O/c1-3(2)4;;;;;;;;;/h1-2H3;9*1H2. The number of carbonyl (C=O) groups excluding carboxylic acids is 1. The van der Waals surface area contributed by atoms with E-state index in [1.807, 2.05) is 0 Å². The van der Waals surface area contributed by atoms with Crippen LogP contribution in [0, 0.1) is 0 Å². The summed E-state index contributed by atoms with van der Waals surface area (Å²) < 4.78 is 0. The zero-order chi connectivity index (χ0) is 3.58. The Balaban J connectivity index is -0.00000000125. The van der Waals surface area contributed by atoms with Crippen molar-refractivity contribution in [2.24, 2.45) is 0 Å². The van der Waals surface area contributed by atoms with Gasteiger partial charge in [-0.1, -0.05) is 0 Å². The molecule has 0 amide bonds. The van der Waals surface area contributed by atoms with Crippen molar-refractivity contribution in [2.45, 2.75) is 13.8 Å². The first kappa shape index (κ1) is 295. The van der Waals surface area contributed by atoms with Gasteiger partial charge >= 0.3 is 0 Å². The quantitative estimate of drug-likeness (QED) is 0.377. The van der Waals surface area contributed by atoms with Crippen LogP contribution in [-0.4, -0.2) is 55.1 Å². The van der Waals surface area contributed by atoms with Gasteiger partial charge in [0.15, 0.2) is 0 Å². The Morgan fingerprint density at radius 2 is 0.538 bits per heavy atom. The summed E-state index contributed by atoms with van der Waals surface area (Å²) in [6.07, 6.45) is 0. The molecule has 0 rings (SSSR count). The zero-order valence-corrected chi connectivity index (χ0v) is 7.41. The molecular formula is C3H24O10. The Kier molecular flexibility index (Phi) is 5110. The third-order valence-electron chi connectivity index (χ3n) is 0. The summed E-state index contributed by atoms with van der Waals surface area (Å²) in [5.41, 5.74) is 0. The van der Waals surface area contributed by atoms with Gasteiger partial charge in [0.2, 0.25) is 0 Å². The molecule has 0 aromatic rings. The largest absolute Gasteiger partial charge is 0.412 e. The maximum absolute atomic E-state index is 9.44. The summed E-state index contributed by atoms with van der Waals surface area (Å²) in [6.45, 7) is 3.06. The van der Waals surface area contributed by atoms with E-state index in [2.05, 4.69) is 0 Å². The number of carbonyl (C=O) groups is 1.